The molecule has 17 aromatic rings. The summed E-state index contributed by atoms with van der Waals surface area (Å²) in [6, 6.07) is 152. The van der Waals surface area contributed by atoms with Crippen LogP contribution in [0.4, 0.5) is 0 Å². The molecule has 0 aliphatic heterocycles. The topological polar surface area (TPSA) is 69.7 Å². The number of ketones is 3. The first kappa shape index (κ1) is 80.4. The average molecular weight is 1660 g/mol. The molecule has 0 heterocycles. The molecule has 0 spiro atoms. The highest BCUT2D eigenvalue weighted by Crippen LogP contribution is 2.54. The molecule has 0 radical (unpaired) electrons. The van der Waals surface area contributed by atoms with E-state index in [4.69, 9.17) is 9.47 Å². The Morgan fingerprint density at radius 2 is 0.238 bits per heavy atom. The third-order valence-electron chi connectivity index (χ3n) is 23.3. The molecule has 0 unspecified atom stereocenters. The molecule has 0 saturated heterocycles. The van der Waals surface area contributed by atoms with Gasteiger partial charge in [0.15, 0.2) is 17.3 Å². The zero-order valence-electron chi connectivity index (χ0n) is 70.4. The van der Waals surface area contributed by atoms with Gasteiger partial charge in [0.2, 0.25) is 0 Å². The number of hydrogen-bond donors (Lipinski definition) is 0. The van der Waals surface area contributed by atoms with Crippen LogP contribution in [0.15, 0.2) is 461 Å². The Kier molecular flexibility index (Phi) is 22.8. The molecule has 0 N–H and O–H groups in total. The van der Waals surface area contributed by atoms with Crippen LogP contribution >= 0.6 is 0 Å². The maximum absolute atomic E-state index is 16.0. The number of Topliss-reactive ketones (excluding diaryl/α,β-unsaturated/α-hetero) is 3. The van der Waals surface area contributed by atoms with Crippen molar-refractivity contribution in [2.24, 2.45) is 0 Å². The predicted molar refractivity (Wildman–Crippen MR) is 528 cm³/mol. The first-order valence-corrected chi connectivity index (χ1v) is 43.1. The van der Waals surface area contributed by atoms with Crippen LogP contribution in [0.5, 0.6) is 23.0 Å². The first-order chi connectivity index (χ1) is 64.2. The van der Waals surface area contributed by atoms with Crippen molar-refractivity contribution in [3.8, 4) is 81.5 Å². The summed E-state index contributed by atoms with van der Waals surface area (Å²) in [5.74, 6) is 28.5. The summed E-state index contributed by atoms with van der Waals surface area (Å²) in [6.45, 7) is 0. The van der Waals surface area contributed by atoms with Crippen LogP contribution in [-0.2, 0) is 14.4 Å². The van der Waals surface area contributed by atoms with E-state index in [1.807, 2.05) is 400 Å². The van der Waals surface area contributed by atoms with Crippen molar-refractivity contribution in [2.75, 3.05) is 0 Å². The van der Waals surface area contributed by atoms with Crippen LogP contribution in [0.25, 0.3) is 78.0 Å². The van der Waals surface area contributed by atoms with Gasteiger partial charge in [-0.2, -0.15) is 0 Å². The molecule has 20 rings (SSSR count). The number of benzene rings is 17. The Hall–Kier alpha value is -18.0. The summed E-state index contributed by atoms with van der Waals surface area (Å²) < 4.78 is 13.6. The largest absolute Gasteiger partial charge is 0.457 e. The second-order valence-electron chi connectivity index (χ2n) is 31.6. The van der Waals surface area contributed by atoms with Gasteiger partial charge in [-0.05, 0) is 223 Å². The van der Waals surface area contributed by atoms with E-state index in [-0.39, 0.29) is 17.3 Å². The Labute approximate surface area is 756 Å². The van der Waals surface area contributed by atoms with Gasteiger partial charge in [-0.25, -0.2) is 0 Å². The van der Waals surface area contributed by atoms with Gasteiger partial charge in [0.25, 0.3) is 0 Å². The Balaban J connectivity index is 0.635. The fourth-order valence-corrected chi connectivity index (χ4v) is 17.0. The fraction of sp³-hybridized carbons (Fsp3) is 0. The highest BCUT2D eigenvalue weighted by Gasteiger charge is 2.39. The number of hydrogen-bond acceptors (Lipinski definition) is 5. The van der Waals surface area contributed by atoms with Crippen molar-refractivity contribution >= 4 is 84.2 Å². The normalized spacial score (nSPS) is 12.8. The molecule has 5 nitrogen and oxygen atoms in total. The minimum atomic E-state index is -0.127. The Morgan fingerprint density at radius 3 is 0.431 bits per heavy atom. The summed E-state index contributed by atoms with van der Waals surface area (Å²) in [5, 5.41) is 0. The zero-order chi connectivity index (χ0) is 87.5. The predicted octanol–water partition coefficient (Wildman–Crippen LogP) is 27.9. The maximum atomic E-state index is 16.0. The van der Waals surface area contributed by atoms with Gasteiger partial charge < -0.3 is 9.47 Å². The van der Waals surface area contributed by atoms with E-state index in [2.05, 4.69) is 108 Å². The van der Waals surface area contributed by atoms with E-state index in [0.717, 1.165) is 156 Å². The van der Waals surface area contributed by atoms with Gasteiger partial charge in [0.1, 0.15) is 23.0 Å². The fourth-order valence-electron chi connectivity index (χ4n) is 17.0. The lowest BCUT2D eigenvalue weighted by molar-refractivity contribution is -0.109. The van der Waals surface area contributed by atoms with Crippen LogP contribution in [0.2, 0.25) is 0 Å². The number of ether oxygens (including phenoxy) is 2. The second-order valence-corrected chi connectivity index (χ2v) is 31.6. The van der Waals surface area contributed by atoms with Crippen molar-refractivity contribution in [2.45, 2.75) is 0 Å². The summed E-state index contributed by atoms with van der Waals surface area (Å²) in [5.41, 5.74) is 27.0. The second kappa shape index (κ2) is 36.8. The Bertz CT molecular complexity index is 7680. The van der Waals surface area contributed by atoms with Gasteiger partial charge in [-0.1, -0.05) is 363 Å². The third kappa shape index (κ3) is 17.2. The molecule has 3 aliphatic carbocycles. The molecule has 0 amide bonds. The standard InChI is InChI=1S/C125H76O5/c126-123-117(95-35-19-6-20-36-95)113(111(98-57-49-89(50-58-98)45-41-85-25-9-1-10-26-85)120(123)104-61-53-91(54-62-104)47-43-87-29-13-3-14-30-87)100-69-77-107(78-70-100)129-109-81-73-102(74-82-109)115-116(121(124(127)119(115)97-39-23-8-24-40-97)105-63-55-92(56-64-105)48-44-88-31-15-4-16-32-88)103-75-83-110(84-76-103)130-108-79-71-101(72-80-108)114-112(99-59-51-90(52-60-99)46-42-86-27-11-2-12-28-86)122(125(128)118(114)96-37-21-7-22-38-96)106-67-65-94(66-68-106)93-33-17-5-18-34-93/h1-40,49-84H. The van der Waals surface area contributed by atoms with E-state index in [0.29, 0.717) is 56.4 Å². The average Bonchev–Trinajstić information content (AvgIpc) is 1.61. The third-order valence-corrected chi connectivity index (χ3v) is 23.3. The molecular weight excluding hydrogens is 1580 g/mol. The van der Waals surface area contributed by atoms with Crippen molar-refractivity contribution in [1.29, 1.82) is 0 Å². The molecule has 0 atom stereocenters. The van der Waals surface area contributed by atoms with E-state index in [1.165, 1.54) is 0 Å². The van der Waals surface area contributed by atoms with Crippen LogP contribution in [0.3, 0.4) is 0 Å². The molecule has 5 heteroatoms. The molecule has 0 aromatic heterocycles. The molecule has 606 valence electrons. The number of rotatable bonds is 17. The van der Waals surface area contributed by atoms with Gasteiger partial charge >= 0.3 is 0 Å². The molecule has 0 saturated carbocycles. The monoisotopic (exact) mass is 1660 g/mol. The minimum Gasteiger partial charge on any atom is -0.457 e. The zero-order valence-corrected chi connectivity index (χ0v) is 70.4. The molecule has 3 aliphatic rings. The van der Waals surface area contributed by atoms with Gasteiger partial charge in [-0.3, -0.25) is 14.4 Å². The summed E-state index contributed by atoms with van der Waals surface area (Å²) in [4.78, 5) is 47.3. The number of allylic oxidation sites excluding steroid dienone is 12. The quantitative estimate of drug-likeness (QED) is 0.0850. The van der Waals surface area contributed by atoms with Crippen LogP contribution in [0, 0.1) is 47.4 Å². The van der Waals surface area contributed by atoms with Gasteiger partial charge in [0.05, 0.1) is 0 Å². The number of carbonyl (C=O) groups is 3. The van der Waals surface area contributed by atoms with E-state index in [1.54, 1.807) is 0 Å². The molecular formula is C125H76O5. The minimum absolute atomic E-state index is 0.0719. The lowest BCUT2D eigenvalue weighted by Crippen LogP contribution is -2.02. The van der Waals surface area contributed by atoms with E-state index >= 15 is 14.4 Å². The molecule has 0 fully saturated rings. The Morgan fingerprint density at radius 1 is 0.115 bits per heavy atom. The van der Waals surface area contributed by atoms with Crippen LogP contribution < -0.4 is 9.47 Å². The summed E-state index contributed by atoms with van der Waals surface area (Å²) in [7, 11) is 0. The lowest BCUT2D eigenvalue weighted by Gasteiger charge is -2.16. The highest BCUT2D eigenvalue weighted by molar-refractivity contribution is 6.61. The van der Waals surface area contributed by atoms with Crippen molar-refractivity contribution in [3.63, 3.8) is 0 Å². The van der Waals surface area contributed by atoms with E-state index < -0.39 is 0 Å². The van der Waals surface area contributed by atoms with Gasteiger partial charge in [-0.15, -0.1) is 0 Å². The van der Waals surface area contributed by atoms with Gasteiger partial charge in [0, 0.05) is 111 Å². The molecule has 17 aromatic carbocycles. The SMILES string of the molecule is O=C1C(c2ccc(C#Cc3ccccc3)cc2)=C(c2ccc(C#Cc3ccccc3)cc2)C(c2ccc(Oc3ccc(C4=C(c5ccccc5)C(=O)C(c5ccc(C#Cc6ccccc6)cc5)=C4c4ccc(Oc5ccc(C6=C(c7ccccc7)C(=O)C(c7ccc(-c8ccccc8)cc7)=C6c6ccc(C#Cc7ccccc7)cc6)cc5)cc4)cc3)cc2)=C1c1ccccc1. The van der Waals surface area contributed by atoms with E-state index in [9.17, 15) is 0 Å². The van der Waals surface area contributed by atoms with Crippen LogP contribution in [0.1, 0.15) is 111 Å². The first-order valence-electron chi connectivity index (χ1n) is 43.1. The summed E-state index contributed by atoms with van der Waals surface area (Å²) in [6.07, 6.45) is 0. The summed E-state index contributed by atoms with van der Waals surface area (Å²) >= 11 is 0. The molecule has 0 bridgehead atoms. The highest BCUT2D eigenvalue weighted by atomic mass is 16.5. The lowest BCUT2D eigenvalue weighted by atomic mass is 9.88. The smallest absolute Gasteiger partial charge is 0.195 e. The van der Waals surface area contributed by atoms with Crippen LogP contribution in [-0.4, -0.2) is 17.3 Å². The number of carbonyl (C=O) groups excluding carboxylic acids is 3. The maximum Gasteiger partial charge on any atom is 0.195 e. The van der Waals surface area contributed by atoms with Crippen molar-refractivity contribution in [1.82, 2.24) is 0 Å². The van der Waals surface area contributed by atoms with Crippen molar-refractivity contribution < 1.29 is 23.9 Å². The molecule has 130 heavy (non-hydrogen) atoms. The van der Waals surface area contributed by atoms with Crippen molar-refractivity contribution in [3.05, 3.63) is 572 Å².